The van der Waals surface area contributed by atoms with Gasteiger partial charge >= 0.3 is 0 Å². The topological polar surface area (TPSA) is 40.1 Å². The van der Waals surface area contributed by atoms with Gasteiger partial charge < -0.3 is 15.0 Å². The average Bonchev–Trinajstić information content (AvgIpc) is 3.19. The monoisotopic (exact) mass is 398 g/mol. The summed E-state index contributed by atoms with van der Waals surface area (Å²) in [5.74, 6) is 0.982. The lowest BCUT2D eigenvalue weighted by Crippen LogP contribution is -2.49. The standard InChI is InChI=1S/C22H30N4OS/c1-17-5-3-4-6-19(17)20-16-26(12-13-27-20)22(23-2)24-9-11-25-10-7-21-18(15-25)8-14-28-21/h3-6,8,14,20H,7,9-13,15-16H2,1-2H3,(H,23,24). The van der Waals surface area contributed by atoms with Crippen molar-refractivity contribution in [3.05, 3.63) is 57.3 Å². The minimum absolute atomic E-state index is 0.104. The van der Waals surface area contributed by atoms with Crippen molar-refractivity contribution < 1.29 is 4.74 Å². The van der Waals surface area contributed by atoms with Crippen LogP contribution >= 0.6 is 11.3 Å². The van der Waals surface area contributed by atoms with Crippen molar-refractivity contribution >= 4 is 17.3 Å². The predicted molar refractivity (Wildman–Crippen MR) is 116 cm³/mol. The van der Waals surface area contributed by atoms with Gasteiger partial charge in [-0.2, -0.15) is 0 Å². The van der Waals surface area contributed by atoms with Crippen molar-refractivity contribution in [2.45, 2.75) is 26.0 Å². The number of aliphatic imine (C=N–C) groups is 1. The molecule has 2 aromatic rings. The first-order valence-electron chi connectivity index (χ1n) is 10.1. The molecule has 0 aliphatic carbocycles. The van der Waals surface area contributed by atoms with E-state index in [1.165, 1.54) is 23.1 Å². The molecule has 2 aliphatic heterocycles. The van der Waals surface area contributed by atoms with E-state index in [0.717, 1.165) is 51.8 Å². The van der Waals surface area contributed by atoms with Crippen LogP contribution in [0.2, 0.25) is 0 Å². The van der Waals surface area contributed by atoms with Gasteiger partial charge in [0, 0.05) is 44.6 Å². The molecule has 6 heteroatoms. The summed E-state index contributed by atoms with van der Waals surface area (Å²) in [6.45, 7) is 8.79. The largest absolute Gasteiger partial charge is 0.370 e. The molecule has 0 radical (unpaired) electrons. The van der Waals surface area contributed by atoms with E-state index in [9.17, 15) is 0 Å². The summed E-state index contributed by atoms with van der Waals surface area (Å²) >= 11 is 1.90. The van der Waals surface area contributed by atoms with Crippen LogP contribution < -0.4 is 5.32 Å². The fourth-order valence-corrected chi connectivity index (χ4v) is 5.02. The molecular weight excluding hydrogens is 368 g/mol. The number of rotatable bonds is 4. The zero-order valence-corrected chi connectivity index (χ0v) is 17.7. The Morgan fingerprint density at radius 2 is 2.18 bits per heavy atom. The molecule has 150 valence electrons. The Morgan fingerprint density at radius 3 is 3.04 bits per heavy atom. The van der Waals surface area contributed by atoms with E-state index in [1.807, 2.05) is 18.4 Å². The first-order chi connectivity index (χ1) is 13.7. The van der Waals surface area contributed by atoms with E-state index in [-0.39, 0.29) is 6.10 Å². The van der Waals surface area contributed by atoms with E-state index in [4.69, 9.17) is 4.74 Å². The van der Waals surface area contributed by atoms with Gasteiger partial charge in [-0.15, -0.1) is 11.3 Å². The van der Waals surface area contributed by atoms with Crippen LogP contribution in [0.15, 0.2) is 40.7 Å². The van der Waals surface area contributed by atoms with Gasteiger partial charge in [0.1, 0.15) is 6.10 Å². The highest BCUT2D eigenvalue weighted by atomic mass is 32.1. The molecule has 1 atom stereocenters. The van der Waals surface area contributed by atoms with Gasteiger partial charge in [0.25, 0.3) is 0 Å². The Morgan fingerprint density at radius 1 is 1.29 bits per heavy atom. The third kappa shape index (κ3) is 4.40. The molecule has 1 saturated heterocycles. The van der Waals surface area contributed by atoms with E-state index >= 15 is 0 Å². The molecule has 4 rings (SSSR count). The highest BCUT2D eigenvalue weighted by Gasteiger charge is 2.25. The molecule has 0 bridgehead atoms. The van der Waals surface area contributed by atoms with Crippen LogP contribution in [0.25, 0.3) is 0 Å². The third-order valence-electron chi connectivity index (χ3n) is 5.71. The number of hydrogen-bond donors (Lipinski definition) is 1. The van der Waals surface area contributed by atoms with Crippen LogP contribution in [0.1, 0.15) is 27.7 Å². The lowest BCUT2D eigenvalue weighted by atomic mass is 10.0. The van der Waals surface area contributed by atoms with Crippen LogP contribution in [0, 0.1) is 6.92 Å². The normalized spacial score (nSPS) is 20.9. The zero-order chi connectivity index (χ0) is 19.3. The molecule has 3 heterocycles. The second-order valence-electron chi connectivity index (χ2n) is 7.53. The number of nitrogens with one attached hydrogen (secondary N) is 1. The summed E-state index contributed by atoms with van der Waals surface area (Å²) in [5, 5.41) is 5.79. The number of ether oxygens (including phenoxy) is 1. The van der Waals surface area contributed by atoms with Crippen LogP contribution in [0.4, 0.5) is 0 Å². The Bertz CT molecular complexity index is 818. The first kappa shape index (κ1) is 19.4. The fraction of sp³-hybridized carbons (Fsp3) is 0.500. The zero-order valence-electron chi connectivity index (χ0n) is 16.9. The number of benzene rings is 1. The number of guanidine groups is 1. The number of nitrogens with zero attached hydrogens (tertiary/aromatic N) is 3. The minimum atomic E-state index is 0.104. The average molecular weight is 399 g/mol. The van der Waals surface area contributed by atoms with Crippen molar-refractivity contribution in [2.75, 3.05) is 46.4 Å². The van der Waals surface area contributed by atoms with Crippen molar-refractivity contribution in [1.29, 1.82) is 0 Å². The minimum Gasteiger partial charge on any atom is -0.370 e. The highest BCUT2D eigenvalue weighted by Crippen LogP contribution is 2.25. The Balaban J connectivity index is 1.30. The van der Waals surface area contributed by atoms with Crippen LogP contribution in [0.3, 0.4) is 0 Å². The molecule has 5 nitrogen and oxygen atoms in total. The SMILES string of the molecule is CN=C(NCCN1CCc2sccc2C1)N1CCOC(c2ccccc2C)C1. The van der Waals surface area contributed by atoms with E-state index in [2.05, 4.69) is 62.7 Å². The van der Waals surface area contributed by atoms with Gasteiger partial charge in [0.2, 0.25) is 0 Å². The fourth-order valence-electron chi connectivity index (χ4n) is 4.13. The molecule has 1 unspecified atom stereocenters. The van der Waals surface area contributed by atoms with Crippen LogP contribution in [-0.2, 0) is 17.7 Å². The second kappa shape index (κ2) is 9.07. The smallest absolute Gasteiger partial charge is 0.193 e. The van der Waals surface area contributed by atoms with Gasteiger partial charge in [0.15, 0.2) is 5.96 Å². The van der Waals surface area contributed by atoms with Gasteiger partial charge in [-0.05, 0) is 41.5 Å². The Hall–Kier alpha value is -1.89. The molecule has 0 amide bonds. The number of morpholine rings is 1. The quantitative estimate of drug-likeness (QED) is 0.635. The Labute approximate surface area is 172 Å². The molecule has 0 spiro atoms. The predicted octanol–water partition coefficient (Wildman–Crippen LogP) is 3.06. The number of aryl methyl sites for hydroxylation is 1. The summed E-state index contributed by atoms with van der Waals surface area (Å²) in [4.78, 5) is 11.0. The molecule has 28 heavy (non-hydrogen) atoms. The lowest BCUT2D eigenvalue weighted by Gasteiger charge is -2.36. The van der Waals surface area contributed by atoms with Gasteiger partial charge in [-0.25, -0.2) is 0 Å². The maximum atomic E-state index is 6.06. The number of thiophene rings is 1. The second-order valence-corrected chi connectivity index (χ2v) is 8.53. The summed E-state index contributed by atoms with van der Waals surface area (Å²) in [7, 11) is 1.87. The van der Waals surface area contributed by atoms with Crippen molar-refractivity contribution in [2.24, 2.45) is 4.99 Å². The molecule has 2 aliphatic rings. The molecule has 0 saturated carbocycles. The van der Waals surface area contributed by atoms with Crippen LogP contribution in [0.5, 0.6) is 0 Å². The number of fused-ring (bicyclic) bond motifs is 1. The first-order valence-corrected chi connectivity index (χ1v) is 11.0. The molecule has 1 fully saturated rings. The summed E-state index contributed by atoms with van der Waals surface area (Å²) in [6.07, 6.45) is 1.29. The van der Waals surface area contributed by atoms with Gasteiger partial charge in [-0.1, -0.05) is 24.3 Å². The van der Waals surface area contributed by atoms with E-state index in [1.54, 1.807) is 4.88 Å². The summed E-state index contributed by atoms with van der Waals surface area (Å²) in [6, 6.07) is 10.8. The Kier molecular flexibility index (Phi) is 6.29. The summed E-state index contributed by atoms with van der Waals surface area (Å²) < 4.78 is 6.06. The molecule has 1 aromatic carbocycles. The third-order valence-corrected chi connectivity index (χ3v) is 6.73. The van der Waals surface area contributed by atoms with Gasteiger partial charge in [-0.3, -0.25) is 9.89 Å². The number of hydrogen-bond acceptors (Lipinski definition) is 4. The summed E-state index contributed by atoms with van der Waals surface area (Å²) in [5.41, 5.74) is 4.08. The highest BCUT2D eigenvalue weighted by molar-refractivity contribution is 7.10. The molecule has 1 aromatic heterocycles. The van der Waals surface area contributed by atoms with Gasteiger partial charge in [0.05, 0.1) is 13.2 Å². The molecular formula is C22H30N4OS. The van der Waals surface area contributed by atoms with E-state index < -0.39 is 0 Å². The van der Waals surface area contributed by atoms with Crippen molar-refractivity contribution in [3.63, 3.8) is 0 Å². The van der Waals surface area contributed by atoms with Crippen molar-refractivity contribution in [3.8, 4) is 0 Å². The maximum absolute atomic E-state index is 6.06. The lowest BCUT2D eigenvalue weighted by molar-refractivity contribution is -0.00834. The molecule has 1 N–H and O–H groups in total. The van der Waals surface area contributed by atoms with Crippen LogP contribution in [-0.4, -0.2) is 62.1 Å². The van der Waals surface area contributed by atoms with Crippen molar-refractivity contribution in [1.82, 2.24) is 15.1 Å². The van der Waals surface area contributed by atoms with E-state index in [0.29, 0.717) is 0 Å². The maximum Gasteiger partial charge on any atom is 0.193 e.